The van der Waals surface area contributed by atoms with Crippen molar-refractivity contribution in [3.05, 3.63) is 34.9 Å². The molecule has 1 saturated carbocycles. The third-order valence-corrected chi connectivity index (χ3v) is 5.45. The van der Waals surface area contributed by atoms with Crippen LogP contribution in [0.5, 0.6) is 0 Å². The number of methoxy groups -OCH3 is 1. The number of nitrogens with zero attached hydrogens (tertiary/aromatic N) is 1. The van der Waals surface area contributed by atoms with Gasteiger partial charge in [0.2, 0.25) is 0 Å². The first kappa shape index (κ1) is 16.8. The number of nitrogens with two attached hydrogens (primary N) is 1. The number of hydrogen-bond donors (Lipinski definition) is 1. The summed E-state index contributed by atoms with van der Waals surface area (Å²) >= 11 is 5.99. The zero-order valence-electron chi connectivity index (χ0n) is 13.3. The highest BCUT2D eigenvalue weighted by Gasteiger charge is 2.44. The number of hydrogen-bond acceptors (Lipinski definition) is 3. The Morgan fingerprint density at radius 3 is 2.62 bits per heavy atom. The third kappa shape index (κ3) is 3.26. The Hall–Kier alpha value is -0.610. The van der Waals surface area contributed by atoms with Gasteiger partial charge in [0.25, 0.3) is 0 Å². The van der Waals surface area contributed by atoms with Gasteiger partial charge in [-0.1, -0.05) is 36.6 Å². The van der Waals surface area contributed by atoms with Crippen LogP contribution < -0.4 is 5.73 Å². The maximum absolute atomic E-state index is 6.20. The fraction of sp³-hybridized carbons (Fsp3) is 0.647. The Bertz CT molecular complexity index is 451. The van der Waals surface area contributed by atoms with Gasteiger partial charge in [0.15, 0.2) is 0 Å². The molecule has 1 aliphatic carbocycles. The highest BCUT2D eigenvalue weighted by molar-refractivity contribution is 6.30. The van der Waals surface area contributed by atoms with E-state index in [4.69, 9.17) is 22.1 Å². The lowest BCUT2D eigenvalue weighted by Crippen LogP contribution is -2.62. The Balaban J connectivity index is 2.25. The second-order valence-corrected chi connectivity index (χ2v) is 6.55. The molecule has 0 aromatic heterocycles. The molecule has 1 aromatic rings. The summed E-state index contributed by atoms with van der Waals surface area (Å²) in [5, 5.41) is 0.773. The smallest absolute Gasteiger partial charge is 0.0767 e. The van der Waals surface area contributed by atoms with Crippen LogP contribution in [0.1, 0.15) is 44.2 Å². The maximum Gasteiger partial charge on any atom is 0.0767 e. The number of benzene rings is 1. The minimum absolute atomic E-state index is 0.0773. The molecule has 0 bridgehead atoms. The minimum Gasteiger partial charge on any atom is -0.379 e. The zero-order valence-corrected chi connectivity index (χ0v) is 14.1. The van der Waals surface area contributed by atoms with Gasteiger partial charge in [-0.3, -0.25) is 4.90 Å². The lowest BCUT2D eigenvalue weighted by molar-refractivity contribution is -0.0790. The fourth-order valence-corrected chi connectivity index (χ4v) is 3.79. The predicted octanol–water partition coefficient (Wildman–Crippen LogP) is 3.62. The number of halogens is 1. The lowest BCUT2D eigenvalue weighted by atomic mass is 9.77. The van der Waals surface area contributed by atoms with Gasteiger partial charge < -0.3 is 10.5 Å². The quantitative estimate of drug-likeness (QED) is 0.902. The summed E-state index contributed by atoms with van der Waals surface area (Å²) in [6.45, 7) is 2.85. The van der Waals surface area contributed by atoms with Crippen LogP contribution in [0.2, 0.25) is 5.02 Å². The van der Waals surface area contributed by atoms with Crippen LogP contribution in [0, 0.1) is 0 Å². The van der Waals surface area contributed by atoms with Crippen molar-refractivity contribution in [3.63, 3.8) is 0 Å². The van der Waals surface area contributed by atoms with E-state index in [2.05, 4.69) is 31.0 Å². The molecule has 1 fully saturated rings. The van der Waals surface area contributed by atoms with Crippen LogP contribution in [-0.2, 0) is 4.74 Å². The predicted molar refractivity (Wildman–Crippen MR) is 88.7 cm³/mol. The first-order valence-corrected chi connectivity index (χ1v) is 8.14. The molecule has 2 rings (SSSR count). The summed E-state index contributed by atoms with van der Waals surface area (Å²) in [5.41, 5.74) is 7.38. The fourth-order valence-electron chi connectivity index (χ4n) is 3.66. The van der Waals surface area contributed by atoms with Crippen molar-refractivity contribution in [2.45, 2.75) is 50.3 Å². The van der Waals surface area contributed by atoms with E-state index >= 15 is 0 Å². The highest BCUT2D eigenvalue weighted by atomic mass is 35.5. The summed E-state index contributed by atoms with van der Waals surface area (Å²) in [6, 6.07) is 8.37. The van der Waals surface area contributed by atoms with E-state index in [0.717, 1.165) is 17.9 Å². The van der Waals surface area contributed by atoms with Crippen LogP contribution in [0.25, 0.3) is 0 Å². The van der Waals surface area contributed by atoms with E-state index in [1.807, 2.05) is 12.1 Å². The molecule has 2 N–H and O–H groups in total. The van der Waals surface area contributed by atoms with Gasteiger partial charge >= 0.3 is 0 Å². The molecule has 1 aromatic carbocycles. The third-order valence-electron chi connectivity index (χ3n) is 5.20. The molecule has 0 amide bonds. The average Bonchev–Trinajstić information content (AvgIpc) is 2.53. The van der Waals surface area contributed by atoms with E-state index in [1.165, 1.54) is 18.4 Å². The lowest BCUT2D eigenvalue weighted by Gasteiger charge is -2.51. The highest BCUT2D eigenvalue weighted by Crippen LogP contribution is 2.38. The molecular formula is C17H27ClN2O. The van der Waals surface area contributed by atoms with Crippen molar-refractivity contribution < 1.29 is 4.74 Å². The van der Waals surface area contributed by atoms with Crippen molar-refractivity contribution in [1.29, 1.82) is 0 Å². The van der Waals surface area contributed by atoms with Crippen molar-refractivity contribution in [1.82, 2.24) is 4.90 Å². The van der Waals surface area contributed by atoms with Crippen LogP contribution >= 0.6 is 11.6 Å². The standard InChI is InChI=1S/C17H27ClN2O/c1-13(14-7-9-15(18)10-8-14)20(2)17(12-19)11-5-4-6-16(17)21-3/h7-10,13,16H,4-6,11-12,19H2,1-3H3. The first-order chi connectivity index (χ1) is 10.0. The zero-order chi connectivity index (χ0) is 15.5. The van der Waals surface area contributed by atoms with E-state index in [-0.39, 0.29) is 17.7 Å². The molecule has 0 spiro atoms. The summed E-state index contributed by atoms with van der Waals surface area (Å²) in [4.78, 5) is 2.41. The second-order valence-electron chi connectivity index (χ2n) is 6.12. The van der Waals surface area contributed by atoms with Gasteiger partial charge in [-0.2, -0.15) is 0 Å². The Morgan fingerprint density at radius 1 is 1.38 bits per heavy atom. The van der Waals surface area contributed by atoms with Gasteiger partial charge in [0.05, 0.1) is 11.6 Å². The number of likely N-dealkylation sites (N-methyl/N-ethyl adjacent to an activating group) is 1. The molecule has 118 valence electrons. The van der Waals surface area contributed by atoms with Crippen molar-refractivity contribution in [3.8, 4) is 0 Å². The Labute approximate surface area is 133 Å². The molecule has 21 heavy (non-hydrogen) atoms. The maximum atomic E-state index is 6.20. The molecule has 3 nitrogen and oxygen atoms in total. The normalized spacial score (nSPS) is 27.8. The molecule has 0 aliphatic heterocycles. The number of rotatable bonds is 5. The number of ether oxygens (including phenoxy) is 1. The van der Waals surface area contributed by atoms with E-state index in [9.17, 15) is 0 Å². The minimum atomic E-state index is -0.0773. The Morgan fingerprint density at radius 2 is 2.05 bits per heavy atom. The molecular weight excluding hydrogens is 284 g/mol. The van der Waals surface area contributed by atoms with Crippen molar-refractivity contribution in [2.75, 3.05) is 20.7 Å². The summed E-state index contributed by atoms with van der Waals surface area (Å²) < 4.78 is 5.78. The molecule has 4 heteroatoms. The average molecular weight is 311 g/mol. The van der Waals surface area contributed by atoms with Gasteiger partial charge in [0, 0.05) is 24.7 Å². The molecule has 0 heterocycles. The summed E-state index contributed by atoms with van der Waals surface area (Å²) in [5.74, 6) is 0. The summed E-state index contributed by atoms with van der Waals surface area (Å²) in [7, 11) is 3.98. The van der Waals surface area contributed by atoms with Crippen molar-refractivity contribution in [2.24, 2.45) is 5.73 Å². The second kappa shape index (κ2) is 7.10. The molecule has 3 atom stereocenters. The monoisotopic (exact) mass is 310 g/mol. The van der Waals surface area contributed by atoms with Crippen LogP contribution in [-0.4, -0.2) is 37.2 Å². The summed E-state index contributed by atoms with van der Waals surface area (Å²) in [6.07, 6.45) is 4.83. The molecule has 3 unspecified atom stereocenters. The van der Waals surface area contributed by atoms with Crippen LogP contribution in [0.4, 0.5) is 0 Å². The van der Waals surface area contributed by atoms with E-state index in [1.54, 1.807) is 7.11 Å². The topological polar surface area (TPSA) is 38.5 Å². The van der Waals surface area contributed by atoms with E-state index in [0.29, 0.717) is 6.54 Å². The van der Waals surface area contributed by atoms with Crippen LogP contribution in [0.15, 0.2) is 24.3 Å². The van der Waals surface area contributed by atoms with Crippen LogP contribution in [0.3, 0.4) is 0 Å². The van der Waals surface area contributed by atoms with Gasteiger partial charge in [-0.15, -0.1) is 0 Å². The van der Waals surface area contributed by atoms with Gasteiger partial charge in [-0.05, 0) is 44.5 Å². The Kier molecular flexibility index (Phi) is 5.67. The molecule has 0 saturated heterocycles. The van der Waals surface area contributed by atoms with Crippen molar-refractivity contribution >= 4 is 11.6 Å². The molecule has 0 radical (unpaired) electrons. The largest absolute Gasteiger partial charge is 0.379 e. The first-order valence-electron chi connectivity index (χ1n) is 7.76. The van der Waals surface area contributed by atoms with Gasteiger partial charge in [0.1, 0.15) is 0 Å². The van der Waals surface area contributed by atoms with Gasteiger partial charge in [-0.25, -0.2) is 0 Å². The SMILES string of the molecule is COC1CCCCC1(CN)N(C)C(C)c1ccc(Cl)cc1. The van der Waals surface area contributed by atoms with E-state index < -0.39 is 0 Å². The molecule has 1 aliphatic rings.